The summed E-state index contributed by atoms with van der Waals surface area (Å²) in [6.07, 6.45) is 0. The van der Waals surface area contributed by atoms with Crippen LogP contribution in [0.25, 0.3) is 0 Å². The van der Waals surface area contributed by atoms with Crippen molar-refractivity contribution in [3.05, 3.63) is 29.6 Å². The topological polar surface area (TPSA) is 61.4 Å². The molecule has 0 aliphatic heterocycles. The van der Waals surface area contributed by atoms with Crippen LogP contribution in [0.5, 0.6) is 5.75 Å². The normalized spacial score (nSPS) is 14.2. The van der Waals surface area contributed by atoms with Crippen LogP contribution in [0.4, 0.5) is 4.39 Å². The molecule has 1 amide bonds. The van der Waals surface area contributed by atoms with E-state index in [1.807, 2.05) is 20.8 Å². The number of phenols is 1. The lowest BCUT2D eigenvalue weighted by Crippen LogP contribution is -2.45. The van der Waals surface area contributed by atoms with E-state index in [0.29, 0.717) is 5.56 Å². The summed E-state index contributed by atoms with van der Waals surface area (Å²) in [6, 6.07) is 3.27. The van der Waals surface area contributed by atoms with Crippen LogP contribution < -0.4 is 10.6 Å². The Morgan fingerprint density at radius 1 is 1.26 bits per heavy atom. The van der Waals surface area contributed by atoms with Crippen LogP contribution in [-0.2, 0) is 4.79 Å². The molecule has 106 valence electrons. The van der Waals surface area contributed by atoms with Crippen molar-refractivity contribution in [2.24, 2.45) is 0 Å². The minimum atomic E-state index is -0.487. The molecule has 0 spiro atoms. The maximum absolute atomic E-state index is 12.9. The highest BCUT2D eigenvalue weighted by Gasteiger charge is 2.18. The first-order chi connectivity index (χ1) is 8.81. The van der Waals surface area contributed by atoms with E-state index in [4.69, 9.17) is 0 Å². The lowest BCUT2D eigenvalue weighted by Gasteiger charge is -2.21. The zero-order valence-electron chi connectivity index (χ0n) is 11.7. The molecule has 0 radical (unpaired) electrons. The Balaban J connectivity index is 2.68. The number of rotatable bonds is 5. The van der Waals surface area contributed by atoms with E-state index in [9.17, 15) is 14.3 Å². The maximum atomic E-state index is 12.9. The zero-order valence-corrected chi connectivity index (χ0v) is 11.7. The van der Waals surface area contributed by atoms with Crippen LogP contribution in [0.1, 0.15) is 39.3 Å². The second kappa shape index (κ2) is 6.52. The summed E-state index contributed by atoms with van der Waals surface area (Å²) in [5, 5.41) is 15.5. The Morgan fingerprint density at radius 2 is 1.89 bits per heavy atom. The Morgan fingerprint density at radius 3 is 2.42 bits per heavy atom. The van der Waals surface area contributed by atoms with E-state index >= 15 is 0 Å². The summed E-state index contributed by atoms with van der Waals surface area (Å²) in [5.41, 5.74) is 0.561. The van der Waals surface area contributed by atoms with Gasteiger partial charge in [-0.25, -0.2) is 4.39 Å². The molecule has 0 heterocycles. The molecule has 0 aliphatic rings. The summed E-state index contributed by atoms with van der Waals surface area (Å²) in [5.74, 6) is -0.709. The van der Waals surface area contributed by atoms with Gasteiger partial charge >= 0.3 is 0 Å². The number of phenolic OH excluding ortho intramolecular Hbond substituents is 1. The predicted molar refractivity (Wildman–Crippen MR) is 72.4 cm³/mol. The lowest BCUT2D eigenvalue weighted by atomic mass is 10.1. The molecular weight excluding hydrogens is 247 g/mol. The van der Waals surface area contributed by atoms with Gasteiger partial charge in [0.15, 0.2) is 0 Å². The number of hydrogen-bond acceptors (Lipinski definition) is 3. The first kappa shape index (κ1) is 15.4. The van der Waals surface area contributed by atoms with Crippen LogP contribution in [0.2, 0.25) is 0 Å². The molecule has 0 aromatic heterocycles. The van der Waals surface area contributed by atoms with Crippen LogP contribution in [0.15, 0.2) is 18.2 Å². The first-order valence-electron chi connectivity index (χ1n) is 6.36. The maximum Gasteiger partial charge on any atom is 0.237 e. The van der Waals surface area contributed by atoms with Crippen LogP contribution in [0, 0.1) is 5.82 Å². The Hall–Kier alpha value is -1.62. The molecule has 5 heteroatoms. The molecule has 0 saturated heterocycles. The third-order valence-corrected chi connectivity index (χ3v) is 2.78. The Labute approximate surface area is 113 Å². The molecule has 4 nitrogen and oxygen atoms in total. The number of nitrogens with one attached hydrogen (secondary N) is 2. The first-order valence-corrected chi connectivity index (χ1v) is 6.36. The van der Waals surface area contributed by atoms with Crippen molar-refractivity contribution >= 4 is 5.91 Å². The fourth-order valence-electron chi connectivity index (χ4n) is 1.83. The van der Waals surface area contributed by atoms with Crippen LogP contribution in [0.3, 0.4) is 0 Å². The third kappa shape index (κ3) is 4.52. The third-order valence-electron chi connectivity index (χ3n) is 2.78. The highest BCUT2D eigenvalue weighted by Crippen LogP contribution is 2.24. The number of amides is 1. The number of carbonyl (C=O) groups excluding carboxylic acids is 1. The van der Waals surface area contributed by atoms with Gasteiger partial charge in [-0.3, -0.25) is 10.1 Å². The van der Waals surface area contributed by atoms with Crippen molar-refractivity contribution in [3.8, 4) is 5.75 Å². The van der Waals surface area contributed by atoms with Gasteiger partial charge in [0.1, 0.15) is 11.6 Å². The van der Waals surface area contributed by atoms with Gasteiger partial charge in [0.25, 0.3) is 0 Å². The van der Waals surface area contributed by atoms with Crippen LogP contribution >= 0.6 is 0 Å². The number of benzene rings is 1. The molecule has 1 rings (SSSR count). The number of carbonyl (C=O) groups is 1. The molecule has 3 N–H and O–H groups in total. The Kier molecular flexibility index (Phi) is 5.30. The molecular formula is C14H21FN2O2. The van der Waals surface area contributed by atoms with Crippen molar-refractivity contribution in [2.75, 3.05) is 0 Å². The van der Waals surface area contributed by atoms with Gasteiger partial charge in [-0.05, 0) is 33.8 Å². The lowest BCUT2D eigenvalue weighted by molar-refractivity contribution is -0.123. The summed E-state index contributed by atoms with van der Waals surface area (Å²) < 4.78 is 12.9. The molecule has 0 aliphatic carbocycles. The van der Waals surface area contributed by atoms with Crippen LogP contribution in [-0.4, -0.2) is 23.1 Å². The summed E-state index contributed by atoms with van der Waals surface area (Å²) in [4.78, 5) is 11.8. The van der Waals surface area contributed by atoms with E-state index in [0.717, 1.165) is 6.07 Å². The standard InChI is InChI=1S/C14H21FN2O2/c1-8(2)16-14(19)10(4)17-9(3)12-6-5-11(15)7-13(12)18/h5-10,17-18H,1-4H3,(H,16,19). The van der Waals surface area contributed by atoms with Gasteiger partial charge in [-0.2, -0.15) is 0 Å². The molecule has 0 saturated carbocycles. The van der Waals surface area contributed by atoms with Crippen molar-refractivity contribution in [2.45, 2.75) is 45.8 Å². The smallest absolute Gasteiger partial charge is 0.237 e. The highest BCUT2D eigenvalue weighted by molar-refractivity contribution is 5.81. The molecule has 2 atom stereocenters. The minimum absolute atomic E-state index is 0.0753. The summed E-state index contributed by atoms with van der Waals surface area (Å²) in [6.45, 7) is 7.33. The van der Waals surface area contributed by atoms with Crippen molar-refractivity contribution < 1.29 is 14.3 Å². The highest BCUT2D eigenvalue weighted by atomic mass is 19.1. The zero-order chi connectivity index (χ0) is 14.6. The van der Waals surface area contributed by atoms with E-state index in [-0.39, 0.29) is 23.7 Å². The molecule has 2 unspecified atom stereocenters. The minimum Gasteiger partial charge on any atom is -0.508 e. The van der Waals surface area contributed by atoms with Gasteiger partial charge in [-0.1, -0.05) is 6.07 Å². The monoisotopic (exact) mass is 268 g/mol. The second-order valence-electron chi connectivity index (χ2n) is 4.98. The van der Waals surface area contributed by atoms with Crippen molar-refractivity contribution in [3.63, 3.8) is 0 Å². The van der Waals surface area contributed by atoms with E-state index in [1.54, 1.807) is 6.92 Å². The predicted octanol–water partition coefficient (Wildman–Crippen LogP) is 2.09. The number of hydrogen-bond donors (Lipinski definition) is 3. The summed E-state index contributed by atoms with van der Waals surface area (Å²) >= 11 is 0. The van der Waals surface area contributed by atoms with Gasteiger partial charge in [0.05, 0.1) is 6.04 Å². The fraction of sp³-hybridized carbons (Fsp3) is 0.500. The largest absolute Gasteiger partial charge is 0.508 e. The van der Waals surface area contributed by atoms with Gasteiger partial charge in [0, 0.05) is 23.7 Å². The van der Waals surface area contributed by atoms with E-state index in [2.05, 4.69) is 10.6 Å². The van der Waals surface area contributed by atoms with Crippen molar-refractivity contribution in [1.82, 2.24) is 10.6 Å². The SMILES string of the molecule is CC(C)NC(=O)C(C)NC(C)c1ccc(F)cc1O. The van der Waals surface area contributed by atoms with E-state index < -0.39 is 11.9 Å². The van der Waals surface area contributed by atoms with Gasteiger partial charge in [-0.15, -0.1) is 0 Å². The van der Waals surface area contributed by atoms with Crippen molar-refractivity contribution in [1.29, 1.82) is 0 Å². The average molecular weight is 268 g/mol. The fourth-order valence-corrected chi connectivity index (χ4v) is 1.83. The molecule has 19 heavy (non-hydrogen) atoms. The summed E-state index contributed by atoms with van der Waals surface area (Å²) in [7, 11) is 0. The average Bonchev–Trinajstić information content (AvgIpc) is 2.27. The molecule has 1 aromatic carbocycles. The number of halogens is 1. The molecule has 0 bridgehead atoms. The van der Waals surface area contributed by atoms with Gasteiger partial charge < -0.3 is 10.4 Å². The second-order valence-corrected chi connectivity index (χ2v) is 4.98. The molecule has 1 aromatic rings. The molecule has 0 fully saturated rings. The Bertz CT molecular complexity index is 449. The van der Waals surface area contributed by atoms with Gasteiger partial charge in [0.2, 0.25) is 5.91 Å². The number of aromatic hydroxyl groups is 1. The van der Waals surface area contributed by atoms with E-state index in [1.165, 1.54) is 12.1 Å². The quantitative estimate of drug-likeness (QED) is 0.766.